The predicted molar refractivity (Wildman–Crippen MR) is 306 cm³/mol. The summed E-state index contributed by atoms with van der Waals surface area (Å²) in [5.41, 5.74) is 8.08. The molecular weight excluding hydrogens is 1090 g/mol. The molecular formula is C56H56O12Si8. The average molecular weight is 1150 g/mol. The fraction of sp³-hybridized carbons (Fsp3) is 0.143. The molecule has 0 aromatic heterocycles. The molecule has 76 heavy (non-hydrogen) atoms. The van der Waals surface area contributed by atoms with Crippen molar-refractivity contribution in [1.29, 1.82) is 0 Å². The van der Waals surface area contributed by atoms with Gasteiger partial charge in [0.15, 0.2) is 0 Å². The van der Waals surface area contributed by atoms with Crippen molar-refractivity contribution in [3.05, 3.63) is 239 Å². The van der Waals surface area contributed by atoms with Crippen molar-refractivity contribution >= 4 is 112 Å². The largest absolute Gasteiger partial charge is 0.515 e. The third kappa shape index (κ3) is 8.39. The minimum Gasteiger partial charge on any atom is -0.366 e. The van der Waals surface area contributed by atoms with Gasteiger partial charge >= 0.3 is 70.4 Å². The SMILES string of the molecule is Cc1ccc([Si]23O[Si]4(c5ccc(C)cc5)O[Si]5(c6ccc(C)cc6)O[Si](c6ccc(C)cc6)(O2)O[Si]2(c6ccc(C)cc6)O[Si](c6ccc(C)cc6)(O3)O[Si](c3ccc(C)cc3)(O4)O[Si](c3ccc(C)cc3)(O5)O2)cc1. The molecule has 384 valence electrons. The van der Waals surface area contributed by atoms with Gasteiger partial charge in [-0.3, -0.25) is 0 Å². The minimum atomic E-state index is -4.83. The molecule has 0 amide bonds. The normalized spacial score (nSPS) is 31.5. The van der Waals surface area contributed by atoms with Crippen LogP contribution in [0, 0.1) is 55.4 Å². The van der Waals surface area contributed by atoms with E-state index >= 15 is 0 Å². The third-order valence-corrected chi connectivity index (χ3v) is 48.6. The van der Waals surface area contributed by atoms with Crippen LogP contribution in [0.15, 0.2) is 194 Å². The van der Waals surface area contributed by atoms with Gasteiger partial charge in [-0.15, -0.1) is 0 Å². The van der Waals surface area contributed by atoms with Gasteiger partial charge in [0.25, 0.3) is 0 Å². The first-order valence-electron chi connectivity index (χ1n) is 25.5. The van der Waals surface area contributed by atoms with Gasteiger partial charge in [-0.05, 0) is 55.4 Å². The molecule has 0 spiro atoms. The van der Waals surface area contributed by atoms with Gasteiger partial charge in [-0.25, -0.2) is 0 Å². The van der Waals surface area contributed by atoms with Crippen molar-refractivity contribution in [3.8, 4) is 0 Å². The Kier molecular flexibility index (Phi) is 12.2. The van der Waals surface area contributed by atoms with Crippen LogP contribution in [-0.4, -0.2) is 70.4 Å². The Bertz CT molecular complexity index is 2710. The predicted octanol–water partition coefficient (Wildman–Crippen LogP) is 5.49. The molecule has 0 N–H and O–H groups in total. The van der Waals surface area contributed by atoms with Crippen LogP contribution >= 0.6 is 0 Å². The Labute approximate surface area is 452 Å². The first-order valence-corrected chi connectivity index (χ1v) is 39.3. The maximum atomic E-state index is 8.31. The zero-order valence-electron chi connectivity index (χ0n) is 43.4. The maximum absolute atomic E-state index is 8.31. The van der Waals surface area contributed by atoms with Crippen molar-refractivity contribution in [3.63, 3.8) is 0 Å². The van der Waals surface area contributed by atoms with Crippen LogP contribution in [0.1, 0.15) is 44.5 Å². The fourth-order valence-electron chi connectivity index (χ4n) is 10.1. The van der Waals surface area contributed by atoms with E-state index in [9.17, 15) is 0 Å². The van der Waals surface area contributed by atoms with Gasteiger partial charge in [0, 0.05) is 41.5 Å². The topological polar surface area (TPSA) is 111 Å². The summed E-state index contributed by atoms with van der Waals surface area (Å²) in [5, 5.41) is 4.67. The number of hydrogen-bond acceptors (Lipinski definition) is 12. The molecule has 6 saturated heterocycles. The second-order valence-corrected chi connectivity index (χ2v) is 43.9. The quantitative estimate of drug-likeness (QED) is 0.180. The Morgan fingerprint density at radius 1 is 0.145 bits per heavy atom. The maximum Gasteiger partial charge on any atom is 0.515 e. The Balaban J connectivity index is 1.26. The van der Waals surface area contributed by atoms with E-state index < -0.39 is 70.4 Å². The Morgan fingerprint density at radius 3 is 0.303 bits per heavy atom. The Hall–Kier alpha value is -4.98. The molecule has 0 unspecified atom stereocenters. The highest BCUT2D eigenvalue weighted by Crippen LogP contribution is 2.48. The van der Waals surface area contributed by atoms with Crippen molar-refractivity contribution in [1.82, 2.24) is 0 Å². The zero-order chi connectivity index (χ0) is 52.4. The van der Waals surface area contributed by atoms with Crippen LogP contribution in [0.25, 0.3) is 0 Å². The number of benzene rings is 8. The fourth-order valence-corrected chi connectivity index (χ4v) is 56.0. The number of aryl methyl sites for hydroxylation is 8. The summed E-state index contributed by atoms with van der Waals surface area (Å²) in [7, 11) is -38.6. The molecule has 8 aromatic rings. The van der Waals surface area contributed by atoms with E-state index in [1.165, 1.54) is 0 Å². The van der Waals surface area contributed by atoms with Crippen LogP contribution in [0.3, 0.4) is 0 Å². The van der Waals surface area contributed by atoms with Crippen molar-refractivity contribution in [2.24, 2.45) is 0 Å². The van der Waals surface area contributed by atoms with Crippen LogP contribution in [0.2, 0.25) is 0 Å². The molecule has 0 aliphatic carbocycles. The molecule has 20 heteroatoms. The second kappa shape index (κ2) is 18.3. The standard InChI is InChI=1S/C56H56O12Si8/c1-41-9-25-49(26-10-41)69-57-70(50-27-11-42(2)12-28-50)60-73(53-33-17-45(5)18-34-53)62-71(58-69,51-29-13-43(3)14-30-51)64-75(55-37-21-47(7)22-38-55)65-72(59-69,52-31-15-44(4)16-32-52)63-74(61-70,54-35-19-46(6)20-36-54)67-76(66-73,68-75)56-39-23-48(8)24-40-56/h9-40H,1-8H3. The lowest BCUT2D eigenvalue weighted by Crippen LogP contribution is -2.96. The van der Waals surface area contributed by atoms with Crippen molar-refractivity contribution in [2.45, 2.75) is 55.4 Å². The second-order valence-electron chi connectivity index (χ2n) is 20.6. The lowest BCUT2D eigenvalue weighted by Gasteiger charge is -2.62. The summed E-state index contributed by atoms with van der Waals surface area (Å²) in [4.78, 5) is 0. The Morgan fingerprint density at radius 2 is 0.224 bits per heavy atom. The van der Waals surface area contributed by atoms with Crippen LogP contribution in [0.5, 0.6) is 0 Å². The molecule has 12 nitrogen and oxygen atoms in total. The minimum absolute atomic E-state index is 0.584. The van der Waals surface area contributed by atoms with Crippen LogP contribution < -0.4 is 41.5 Å². The van der Waals surface area contributed by atoms with Gasteiger partial charge in [-0.1, -0.05) is 239 Å². The molecule has 0 saturated carbocycles. The molecule has 8 bridgehead atoms. The lowest BCUT2D eigenvalue weighted by atomic mass is 10.2. The van der Waals surface area contributed by atoms with Gasteiger partial charge in [-0.2, -0.15) is 0 Å². The van der Waals surface area contributed by atoms with Gasteiger partial charge < -0.3 is 49.4 Å². The summed E-state index contributed by atoms with van der Waals surface area (Å²) in [6.07, 6.45) is 0. The highest BCUT2D eigenvalue weighted by Gasteiger charge is 2.86. The molecule has 6 aliphatic rings. The number of rotatable bonds is 8. The first kappa shape index (κ1) is 50.5. The first-order chi connectivity index (χ1) is 36.5. The van der Waals surface area contributed by atoms with Crippen LogP contribution in [-0.2, 0) is 49.4 Å². The molecule has 14 rings (SSSR count). The summed E-state index contributed by atoms with van der Waals surface area (Å²) in [6.45, 7) is 16.3. The molecule has 6 fully saturated rings. The monoisotopic (exact) mass is 1140 g/mol. The van der Waals surface area contributed by atoms with Gasteiger partial charge in [0.05, 0.1) is 0 Å². The van der Waals surface area contributed by atoms with Crippen LogP contribution in [0.4, 0.5) is 0 Å². The lowest BCUT2D eigenvalue weighted by molar-refractivity contribution is -0.00295. The van der Waals surface area contributed by atoms with Crippen molar-refractivity contribution < 1.29 is 49.4 Å². The highest BCUT2D eigenvalue weighted by molar-refractivity contribution is 7.14. The summed E-state index contributed by atoms with van der Waals surface area (Å²) < 4.78 is 99.7. The van der Waals surface area contributed by atoms with Crippen molar-refractivity contribution in [2.75, 3.05) is 0 Å². The smallest absolute Gasteiger partial charge is 0.366 e. The molecule has 0 atom stereocenters. The van der Waals surface area contributed by atoms with E-state index in [0.29, 0.717) is 41.5 Å². The van der Waals surface area contributed by atoms with E-state index in [1.54, 1.807) is 0 Å². The summed E-state index contributed by atoms with van der Waals surface area (Å²) in [6, 6.07) is 64.1. The van der Waals surface area contributed by atoms with E-state index in [-0.39, 0.29) is 0 Å². The molecule has 0 radical (unpaired) electrons. The average Bonchev–Trinajstić information content (AvgIpc) is 2.80. The van der Waals surface area contributed by atoms with Gasteiger partial charge in [0.2, 0.25) is 0 Å². The van der Waals surface area contributed by atoms with Gasteiger partial charge in [0.1, 0.15) is 0 Å². The molecule has 6 aliphatic heterocycles. The summed E-state index contributed by atoms with van der Waals surface area (Å²) >= 11 is 0. The van der Waals surface area contributed by atoms with E-state index in [2.05, 4.69) is 0 Å². The zero-order valence-corrected chi connectivity index (χ0v) is 51.4. The molecule has 8 aromatic carbocycles. The van der Waals surface area contributed by atoms with E-state index in [0.717, 1.165) is 44.5 Å². The summed E-state index contributed by atoms with van der Waals surface area (Å²) in [5.74, 6) is 0. The molecule has 6 heterocycles. The number of hydrogen-bond donors (Lipinski definition) is 0. The third-order valence-electron chi connectivity index (χ3n) is 14.5. The highest BCUT2D eigenvalue weighted by atomic mass is 28.6. The van der Waals surface area contributed by atoms with E-state index in [1.807, 2.05) is 250 Å². The van der Waals surface area contributed by atoms with E-state index in [4.69, 9.17) is 49.4 Å².